The van der Waals surface area contributed by atoms with Crippen molar-refractivity contribution >= 4 is 91.2 Å². The Hall–Kier alpha value is 0.0900. The van der Waals surface area contributed by atoms with Crippen molar-refractivity contribution in [1.82, 2.24) is 15.0 Å². The number of alkyl halides is 6. The normalized spacial score (nSPS) is 14.2. The fourth-order valence-electron chi connectivity index (χ4n) is 2.73. The second-order valence-corrected chi connectivity index (χ2v) is 12.0. The van der Waals surface area contributed by atoms with Crippen LogP contribution in [0.15, 0.2) is 22.7 Å². The molecule has 190 valence electrons. The molecule has 2 atom stereocenters. The fourth-order valence-corrected chi connectivity index (χ4v) is 3.82. The fraction of sp³-hybridized carbons (Fsp3) is 0.526. The van der Waals surface area contributed by atoms with Gasteiger partial charge in [-0.2, -0.15) is 0 Å². The molecule has 1 aromatic heterocycles. The van der Waals surface area contributed by atoms with Gasteiger partial charge in [-0.15, -0.1) is 0 Å². The molecule has 0 saturated heterocycles. The third kappa shape index (κ3) is 8.31. The standard InChI is InChI=1S/C19H21BrCl6N4O4/c1-5-31-33-10(3)30(11(4)34-32-6-2)14-8-7-12(9-13(14)20)15-27-16(18(21,22)23)29-17(28-15)19(24,25)26/h7-11H,5-6H2,1-4H3. The van der Waals surface area contributed by atoms with Crippen molar-refractivity contribution in [3.63, 3.8) is 0 Å². The summed E-state index contributed by atoms with van der Waals surface area (Å²) in [6.07, 6.45) is -1.08. The lowest BCUT2D eigenvalue weighted by Crippen LogP contribution is -2.43. The minimum Gasteiger partial charge on any atom is -0.314 e. The van der Waals surface area contributed by atoms with Crippen molar-refractivity contribution in [1.29, 1.82) is 0 Å². The molecule has 1 aromatic carbocycles. The van der Waals surface area contributed by atoms with Crippen molar-refractivity contribution in [2.45, 2.75) is 47.7 Å². The van der Waals surface area contributed by atoms with E-state index >= 15 is 0 Å². The Labute approximate surface area is 236 Å². The second-order valence-electron chi connectivity index (χ2n) is 6.58. The quantitative estimate of drug-likeness (QED) is 0.113. The highest BCUT2D eigenvalue weighted by Gasteiger charge is 2.34. The first-order valence-corrected chi connectivity index (χ1v) is 12.9. The van der Waals surface area contributed by atoms with E-state index in [0.29, 0.717) is 28.9 Å². The van der Waals surface area contributed by atoms with Crippen molar-refractivity contribution in [3.8, 4) is 11.4 Å². The average molecular weight is 662 g/mol. The third-order valence-corrected chi connectivity index (χ3v) is 5.71. The van der Waals surface area contributed by atoms with Crippen LogP contribution < -0.4 is 4.90 Å². The van der Waals surface area contributed by atoms with E-state index in [-0.39, 0.29) is 17.5 Å². The molecule has 15 heteroatoms. The van der Waals surface area contributed by atoms with Gasteiger partial charge in [0.05, 0.1) is 18.9 Å². The van der Waals surface area contributed by atoms with Gasteiger partial charge in [-0.3, -0.25) is 0 Å². The lowest BCUT2D eigenvalue weighted by Gasteiger charge is -2.34. The molecule has 1 heterocycles. The Balaban J connectivity index is 2.53. The van der Waals surface area contributed by atoms with Gasteiger partial charge in [0, 0.05) is 10.0 Å². The van der Waals surface area contributed by atoms with Crippen LogP contribution in [-0.2, 0) is 27.1 Å². The first-order chi connectivity index (χ1) is 15.8. The lowest BCUT2D eigenvalue weighted by atomic mass is 10.1. The predicted octanol–water partition coefficient (Wildman–Crippen LogP) is 7.39. The zero-order valence-electron chi connectivity index (χ0n) is 18.4. The van der Waals surface area contributed by atoms with Crippen LogP contribution in [-0.4, -0.2) is 40.6 Å². The molecule has 0 fully saturated rings. The lowest BCUT2D eigenvalue weighted by molar-refractivity contribution is -0.344. The predicted molar refractivity (Wildman–Crippen MR) is 138 cm³/mol. The molecule has 0 radical (unpaired) electrons. The van der Waals surface area contributed by atoms with Gasteiger partial charge in [0.1, 0.15) is 0 Å². The van der Waals surface area contributed by atoms with E-state index in [2.05, 4.69) is 30.9 Å². The maximum atomic E-state index is 5.97. The molecule has 0 amide bonds. The van der Waals surface area contributed by atoms with Gasteiger partial charge in [-0.05, 0) is 61.8 Å². The number of nitrogens with zero attached hydrogens (tertiary/aromatic N) is 4. The summed E-state index contributed by atoms with van der Waals surface area (Å²) in [5, 5.41) is 0. The molecular formula is C19H21BrCl6N4O4. The van der Waals surface area contributed by atoms with Crippen LogP contribution in [0, 0.1) is 0 Å². The van der Waals surface area contributed by atoms with E-state index in [9.17, 15) is 0 Å². The van der Waals surface area contributed by atoms with Gasteiger partial charge in [-0.1, -0.05) is 69.6 Å². The molecule has 0 aliphatic heterocycles. The summed E-state index contributed by atoms with van der Waals surface area (Å²) in [6.45, 7) is 7.97. The number of anilines is 1. The molecule has 0 spiro atoms. The number of aromatic nitrogens is 3. The minimum absolute atomic E-state index is 0.133. The Morgan fingerprint density at radius 3 is 1.71 bits per heavy atom. The smallest absolute Gasteiger partial charge is 0.250 e. The van der Waals surface area contributed by atoms with E-state index in [1.54, 1.807) is 36.9 Å². The van der Waals surface area contributed by atoms with E-state index in [1.165, 1.54) is 0 Å². The zero-order chi connectivity index (χ0) is 25.7. The minimum atomic E-state index is -1.96. The van der Waals surface area contributed by atoms with Crippen LogP contribution in [0.4, 0.5) is 5.69 Å². The molecule has 0 N–H and O–H groups in total. The van der Waals surface area contributed by atoms with Gasteiger partial charge >= 0.3 is 0 Å². The van der Waals surface area contributed by atoms with Crippen molar-refractivity contribution < 1.29 is 19.6 Å². The Morgan fingerprint density at radius 2 is 1.32 bits per heavy atom. The Bertz CT molecular complexity index is 917. The van der Waals surface area contributed by atoms with E-state index in [1.807, 2.05) is 13.8 Å². The van der Waals surface area contributed by atoms with Crippen molar-refractivity contribution in [3.05, 3.63) is 34.3 Å². The SMILES string of the molecule is CCOOC(C)N(c1ccc(-c2nc(C(Cl)(Cl)Cl)nc(C(Cl)(Cl)Cl)n2)cc1Br)C(C)OOCC. The van der Waals surface area contributed by atoms with Gasteiger partial charge in [0.15, 0.2) is 29.9 Å². The third-order valence-electron chi connectivity index (χ3n) is 4.06. The van der Waals surface area contributed by atoms with Gasteiger partial charge < -0.3 is 4.90 Å². The summed E-state index contributed by atoms with van der Waals surface area (Å²) in [7, 11) is 0. The van der Waals surface area contributed by atoms with Crippen molar-refractivity contribution in [2.75, 3.05) is 18.1 Å². The molecule has 0 bridgehead atoms. The highest BCUT2D eigenvalue weighted by atomic mass is 79.9. The highest BCUT2D eigenvalue weighted by molar-refractivity contribution is 9.10. The first-order valence-electron chi connectivity index (χ1n) is 9.84. The molecule has 34 heavy (non-hydrogen) atoms. The number of rotatable bonds is 10. The summed E-state index contributed by atoms with van der Waals surface area (Å²) in [5.74, 6) is -0.250. The molecule has 2 rings (SSSR count). The number of hydrogen-bond acceptors (Lipinski definition) is 8. The number of benzene rings is 1. The number of halogens is 7. The van der Waals surface area contributed by atoms with Crippen LogP contribution >= 0.6 is 85.5 Å². The molecular weight excluding hydrogens is 641 g/mol. The molecule has 0 saturated carbocycles. The molecule has 0 aliphatic carbocycles. The highest BCUT2D eigenvalue weighted by Crippen LogP contribution is 2.41. The Kier molecular flexibility index (Phi) is 11.6. The molecule has 2 unspecified atom stereocenters. The summed E-state index contributed by atoms with van der Waals surface area (Å²) in [5.41, 5.74) is 1.22. The molecule has 8 nitrogen and oxygen atoms in total. The Morgan fingerprint density at radius 1 is 0.853 bits per heavy atom. The van der Waals surface area contributed by atoms with Crippen molar-refractivity contribution in [2.24, 2.45) is 0 Å². The summed E-state index contributed by atoms with van der Waals surface area (Å²) in [6, 6.07) is 5.25. The van der Waals surface area contributed by atoms with Crippen LogP contribution in [0.25, 0.3) is 11.4 Å². The zero-order valence-corrected chi connectivity index (χ0v) is 24.5. The van der Waals surface area contributed by atoms with Crippen LogP contribution in [0.2, 0.25) is 0 Å². The number of hydrogen-bond donors (Lipinski definition) is 0. The second kappa shape index (κ2) is 13.1. The van der Waals surface area contributed by atoms with E-state index < -0.39 is 20.0 Å². The van der Waals surface area contributed by atoms with Crippen LogP contribution in [0.3, 0.4) is 0 Å². The maximum Gasteiger partial charge on any atom is 0.250 e. The largest absolute Gasteiger partial charge is 0.314 e. The molecule has 2 aromatic rings. The van der Waals surface area contributed by atoms with E-state index in [4.69, 9.17) is 89.2 Å². The average Bonchev–Trinajstić information content (AvgIpc) is 2.75. The van der Waals surface area contributed by atoms with Crippen LogP contribution in [0.5, 0.6) is 0 Å². The summed E-state index contributed by atoms with van der Waals surface area (Å²) < 4.78 is -3.29. The van der Waals surface area contributed by atoms with E-state index in [0.717, 1.165) is 0 Å². The van der Waals surface area contributed by atoms with Gasteiger partial charge in [0.2, 0.25) is 7.59 Å². The maximum absolute atomic E-state index is 5.97. The van der Waals surface area contributed by atoms with Gasteiger partial charge in [-0.25, -0.2) is 34.5 Å². The molecule has 0 aliphatic rings. The van der Waals surface area contributed by atoms with Crippen LogP contribution in [0.1, 0.15) is 39.3 Å². The monoisotopic (exact) mass is 658 g/mol. The first kappa shape index (κ1) is 30.3. The summed E-state index contributed by atoms with van der Waals surface area (Å²) >= 11 is 39.4. The van der Waals surface area contributed by atoms with Gasteiger partial charge in [0.25, 0.3) is 0 Å². The topological polar surface area (TPSA) is 78.8 Å². The summed E-state index contributed by atoms with van der Waals surface area (Å²) in [4.78, 5) is 35.4.